The molecule has 3 aromatic carbocycles. The molecule has 1 heterocycles. The van der Waals surface area contributed by atoms with Crippen LogP contribution < -0.4 is 9.47 Å². The van der Waals surface area contributed by atoms with Crippen molar-refractivity contribution >= 4 is 21.7 Å². The van der Waals surface area contributed by atoms with Crippen LogP contribution in [0, 0.1) is 0 Å². The number of benzene rings is 3. The minimum Gasteiger partial charge on any atom is -0.493 e. The van der Waals surface area contributed by atoms with Crippen LogP contribution in [0.1, 0.15) is 33.0 Å². The van der Waals surface area contributed by atoms with E-state index >= 15 is 0 Å². The van der Waals surface area contributed by atoms with Gasteiger partial charge in [-0.3, -0.25) is 9.69 Å². The molecule has 1 atom stereocenters. The van der Waals surface area contributed by atoms with Gasteiger partial charge in [-0.2, -0.15) is 0 Å². The smallest absolute Gasteiger partial charge is 0.176 e. The molecule has 0 aliphatic carbocycles. The maximum atomic E-state index is 12.9. The lowest BCUT2D eigenvalue weighted by Gasteiger charge is -2.35. The van der Waals surface area contributed by atoms with Crippen LogP contribution in [0.5, 0.6) is 11.5 Å². The van der Waals surface area contributed by atoms with Gasteiger partial charge < -0.3 is 9.47 Å². The van der Waals surface area contributed by atoms with E-state index in [4.69, 9.17) is 9.47 Å². The quantitative estimate of drug-likeness (QED) is 0.463. The third kappa shape index (κ3) is 4.27. The van der Waals surface area contributed by atoms with Crippen LogP contribution in [0.3, 0.4) is 0 Å². The normalized spacial score (nSPS) is 16.0. The number of hydrogen-bond acceptors (Lipinski definition) is 4. The molecule has 0 saturated carbocycles. The lowest BCUT2D eigenvalue weighted by atomic mass is 9.84. The fourth-order valence-electron chi connectivity index (χ4n) is 4.08. The van der Waals surface area contributed by atoms with Crippen molar-refractivity contribution in [3.8, 4) is 11.5 Å². The molecule has 30 heavy (non-hydrogen) atoms. The highest BCUT2D eigenvalue weighted by Gasteiger charge is 2.29. The average Bonchev–Trinajstić information content (AvgIpc) is 2.78. The van der Waals surface area contributed by atoms with Crippen LogP contribution in [-0.4, -0.2) is 38.0 Å². The summed E-state index contributed by atoms with van der Waals surface area (Å²) in [4.78, 5) is 15.1. The van der Waals surface area contributed by atoms with Gasteiger partial charge >= 0.3 is 0 Å². The molecule has 1 aliphatic heterocycles. The predicted molar refractivity (Wildman–Crippen MR) is 122 cm³/mol. The summed E-state index contributed by atoms with van der Waals surface area (Å²) in [5.41, 5.74) is 4.35. The van der Waals surface area contributed by atoms with Crippen molar-refractivity contribution in [2.75, 3.05) is 27.3 Å². The second kappa shape index (κ2) is 9.02. The Hall–Kier alpha value is -2.63. The zero-order valence-electron chi connectivity index (χ0n) is 17.1. The van der Waals surface area contributed by atoms with Crippen molar-refractivity contribution in [2.24, 2.45) is 0 Å². The maximum Gasteiger partial charge on any atom is 0.176 e. The number of ketones is 1. The molecule has 1 aliphatic rings. The molecule has 0 N–H and O–H groups in total. The molecular weight excluding hydrogens is 442 g/mol. The fraction of sp³-hybridized carbons (Fsp3) is 0.240. The topological polar surface area (TPSA) is 38.8 Å². The van der Waals surface area contributed by atoms with Crippen LogP contribution >= 0.6 is 15.9 Å². The first kappa shape index (κ1) is 20.6. The van der Waals surface area contributed by atoms with E-state index < -0.39 is 0 Å². The zero-order valence-corrected chi connectivity index (χ0v) is 18.7. The minimum absolute atomic E-state index is 0.123. The average molecular weight is 466 g/mol. The molecule has 1 unspecified atom stereocenters. The van der Waals surface area contributed by atoms with Crippen LogP contribution in [-0.2, 0) is 6.54 Å². The Morgan fingerprint density at radius 3 is 2.33 bits per heavy atom. The molecule has 0 aromatic heterocycles. The summed E-state index contributed by atoms with van der Waals surface area (Å²) < 4.78 is 12.0. The van der Waals surface area contributed by atoms with Crippen molar-refractivity contribution in [3.63, 3.8) is 0 Å². The van der Waals surface area contributed by atoms with Crippen LogP contribution in [0.15, 0.2) is 71.2 Å². The molecule has 4 rings (SSSR count). The van der Waals surface area contributed by atoms with E-state index in [1.165, 1.54) is 11.1 Å². The van der Waals surface area contributed by atoms with E-state index in [1.807, 2.05) is 36.4 Å². The second-order valence-corrected chi connectivity index (χ2v) is 8.38. The summed E-state index contributed by atoms with van der Waals surface area (Å²) in [7, 11) is 3.31. The Labute approximate surface area is 185 Å². The summed E-state index contributed by atoms with van der Waals surface area (Å²) in [6.07, 6.45) is 0. The van der Waals surface area contributed by atoms with E-state index in [9.17, 15) is 4.79 Å². The van der Waals surface area contributed by atoms with Gasteiger partial charge in [-0.25, -0.2) is 0 Å². The first-order valence-electron chi connectivity index (χ1n) is 9.90. The summed E-state index contributed by atoms with van der Waals surface area (Å²) in [6, 6.07) is 22.1. The Bertz CT molecular complexity index is 1030. The Morgan fingerprint density at radius 2 is 1.67 bits per heavy atom. The number of hydrogen-bond donors (Lipinski definition) is 0. The number of nitrogens with zero attached hydrogens (tertiary/aromatic N) is 1. The van der Waals surface area contributed by atoms with Crippen LogP contribution in [0.4, 0.5) is 0 Å². The molecule has 154 valence electrons. The van der Waals surface area contributed by atoms with Gasteiger partial charge in [-0.1, -0.05) is 58.4 Å². The number of ether oxygens (including phenoxy) is 2. The van der Waals surface area contributed by atoms with E-state index in [1.54, 1.807) is 14.2 Å². The summed E-state index contributed by atoms with van der Waals surface area (Å²) >= 11 is 3.43. The molecule has 4 nitrogen and oxygen atoms in total. The van der Waals surface area contributed by atoms with E-state index in [-0.39, 0.29) is 11.7 Å². The minimum atomic E-state index is 0.123. The molecule has 0 saturated heterocycles. The van der Waals surface area contributed by atoms with Gasteiger partial charge in [0.15, 0.2) is 17.3 Å². The highest BCUT2D eigenvalue weighted by Crippen LogP contribution is 2.40. The van der Waals surface area contributed by atoms with Crippen LogP contribution in [0.2, 0.25) is 0 Å². The molecular formula is C25H24BrNO3. The van der Waals surface area contributed by atoms with Gasteiger partial charge in [-0.05, 0) is 41.0 Å². The zero-order chi connectivity index (χ0) is 21.1. The summed E-state index contributed by atoms with van der Waals surface area (Å²) in [5, 5.41) is 0. The number of rotatable bonds is 6. The number of methoxy groups -OCH3 is 2. The third-order valence-corrected chi connectivity index (χ3v) is 6.12. The standard InChI is InChI=1S/C25H24BrNO3/c1-29-24-12-19-14-27(16-23(28)18-8-10-20(26)11-9-18)15-22(17-6-4-3-5-7-17)21(19)13-25(24)30-2/h3-13,22H,14-16H2,1-2H3. The fourth-order valence-corrected chi connectivity index (χ4v) is 4.35. The molecule has 3 aromatic rings. The van der Waals surface area contributed by atoms with Gasteiger partial charge in [-0.15, -0.1) is 0 Å². The summed E-state index contributed by atoms with van der Waals surface area (Å²) in [6.45, 7) is 1.84. The molecule has 0 amide bonds. The Balaban J connectivity index is 1.67. The number of Topliss-reactive ketones (excluding diaryl/α,β-unsaturated/α-hetero) is 1. The van der Waals surface area contributed by atoms with Gasteiger partial charge in [0.05, 0.1) is 20.8 Å². The lowest BCUT2D eigenvalue weighted by molar-refractivity contribution is 0.0917. The number of carbonyl (C=O) groups is 1. The monoisotopic (exact) mass is 465 g/mol. The predicted octanol–water partition coefficient (Wildman–Crippen LogP) is 5.30. The van der Waals surface area contributed by atoms with Crippen molar-refractivity contribution in [1.82, 2.24) is 4.90 Å². The number of fused-ring (bicyclic) bond motifs is 1. The van der Waals surface area contributed by atoms with E-state index in [0.29, 0.717) is 18.8 Å². The van der Waals surface area contributed by atoms with Crippen molar-refractivity contribution in [3.05, 3.63) is 93.5 Å². The van der Waals surface area contributed by atoms with Crippen molar-refractivity contribution in [2.45, 2.75) is 12.5 Å². The number of halogens is 1. The maximum absolute atomic E-state index is 12.9. The first-order chi connectivity index (χ1) is 14.6. The number of carbonyl (C=O) groups excluding carboxylic acids is 1. The van der Waals surface area contributed by atoms with E-state index in [2.05, 4.69) is 51.2 Å². The third-order valence-electron chi connectivity index (χ3n) is 5.59. The highest BCUT2D eigenvalue weighted by molar-refractivity contribution is 9.10. The second-order valence-electron chi connectivity index (χ2n) is 7.47. The molecule has 0 bridgehead atoms. The van der Waals surface area contributed by atoms with Crippen LogP contribution in [0.25, 0.3) is 0 Å². The van der Waals surface area contributed by atoms with Gasteiger partial charge in [0.25, 0.3) is 0 Å². The Kier molecular flexibility index (Phi) is 6.21. The molecule has 0 radical (unpaired) electrons. The first-order valence-corrected chi connectivity index (χ1v) is 10.7. The van der Waals surface area contributed by atoms with Crippen molar-refractivity contribution < 1.29 is 14.3 Å². The van der Waals surface area contributed by atoms with Gasteiger partial charge in [0, 0.05) is 29.0 Å². The molecule has 5 heteroatoms. The SMILES string of the molecule is COc1cc2c(cc1OC)C(c1ccccc1)CN(CC(=O)c1ccc(Br)cc1)C2. The lowest BCUT2D eigenvalue weighted by Crippen LogP contribution is -2.37. The van der Waals surface area contributed by atoms with E-state index in [0.717, 1.165) is 27.9 Å². The molecule has 0 spiro atoms. The highest BCUT2D eigenvalue weighted by atomic mass is 79.9. The largest absolute Gasteiger partial charge is 0.493 e. The summed E-state index contributed by atoms with van der Waals surface area (Å²) in [5.74, 6) is 1.73. The molecule has 0 fully saturated rings. The van der Waals surface area contributed by atoms with Gasteiger partial charge in [0.2, 0.25) is 0 Å². The van der Waals surface area contributed by atoms with Gasteiger partial charge in [0.1, 0.15) is 0 Å². The Morgan fingerprint density at radius 1 is 1.00 bits per heavy atom. The van der Waals surface area contributed by atoms with Crippen molar-refractivity contribution in [1.29, 1.82) is 0 Å².